The first-order valence-corrected chi connectivity index (χ1v) is 12.4. The Kier molecular flexibility index (Phi) is 6.14. The summed E-state index contributed by atoms with van der Waals surface area (Å²) in [6.07, 6.45) is -0.883. The molecule has 2 aromatic carbocycles. The SMILES string of the molecule is CC(C)(C)OC(=O)N1CC([C@@H]2CN(C(=O)OCC3c4ccccc4-c4ccccc43)C[C@H]2C(=O)O)C1. The lowest BCUT2D eigenvalue weighted by Crippen LogP contribution is -2.55. The van der Waals surface area contributed by atoms with Crippen LogP contribution in [0.2, 0.25) is 0 Å². The highest BCUT2D eigenvalue weighted by atomic mass is 16.6. The topological polar surface area (TPSA) is 96.4 Å². The summed E-state index contributed by atoms with van der Waals surface area (Å²) in [6.45, 7) is 6.91. The van der Waals surface area contributed by atoms with Crippen LogP contribution in [0.1, 0.15) is 37.8 Å². The number of carbonyl (C=O) groups is 3. The summed E-state index contributed by atoms with van der Waals surface area (Å²) in [5.74, 6) is -1.89. The summed E-state index contributed by atoms with van der Waals surface area (Å²) in [5, 5.41) is 9.82. The fourth-order valence-corrected chi connectivity index (χ4v) is 5.66. The zero-order chi connectivity index (χ0) is 25.6. The normalized spacial score (nSPS) is 21.5. The minimum Gasteiger partial charge on any atom is -0.481 e. The predicted molar refractivity (Wildman–Crippen MR) is 133 cm³/mol. The van der Waals surface area contributed by atoms with Crippen molar-refractivity contribution in [2.45, 2.75) is 32.3 Å². The van der Waals surface area contributed by atoms with E-state index in [2.05, 4.69) is 24.3 Å². The third kappa shape index (κ3) is 4.52. The number of likely N-dealkylation sites (tertiary alicyclic amines) is 2. The van der Waals surface area contributed by atoms with Crippen molar-refractivity contribution in [3.63, 3.8) is 0 Å². The van der Waals surface area contributed by atoms with Gasteiger partial charge in [-0.1, -0.05) is 48.5 Å². The van der Waals surface area contributed by atoms with Crippen molar-refractivity contribution >= 4 is 18.2 Å². The van der Waals surface area contributed by atoms with Crippen molar-refractivity contribution in [3.8, 4) is 11.1 Å². The molecule has 0 aromatic heterocycles. The Morgan fingerprint density at radius 3 is 1.97 bits per heavy atom. The molecule has 1 aliphatic carbocycles. The van der Waals surface area contributed by atoms with E-state index in [9.17, 15) is 19.5 Å². The Bertz CT molecular complexity index is 1140. The largest absolute Gasteiger partial charge is 0.481 e. The zero-order valence-electron chi connectivity index (χ0n) is 20.8. The minimum absolute atomic E-state index is 0.00463. The molecule has 2 saturated heterocycles. The van der Waals surface area contributed by atoms with E-state index in [0.717, 1.165) is 22.3 Å². The summed E-state index contributed by atoms with van der Waals surface area (Å²) in [6, 6.07) is 16.3. The van der Waals surface area contributed by atoms with Crippen LogP contribution in [0.5, 0.6) is 0 Å². The molecule has 0 spiro atoms. The number of carboxylic acids is 1. The van der Waals surface area contributed by atoms with Crippen LogP contribution < -0.4 is 0 Å². The molecular formula is C28H32N2O6. The van der Waals surface area contributed by atoms with E-state index < -0.39 is 29.7 Å². The molecule has 8 heteroatoms. The first-order valence-electron chi connectivity index (χ1n) is 12.4. The van der Waals surface area contributed by atoms with Crippen molar-refractivity contribution in [2.75, 3.05) is 32.8 Å². The number of rotatable bonds is 4. The van der Waals surface area contributed by atoms with Gasteiger partial charge in [0.25, 0.3) is 0 Å². The number of hydrogen-bond acceptors (Lipinski definition) is 5. The number of amides is 2. The fourth-order valence-electron chi connectivity index (χ4n) is 5.66. The van der Waals surface area contributed by atoms with Gasteiger partial charge >= 0.3 is 18.2 Å². The summed E-state index contributed by atoms with van der Waals surface area (Å²) < 4.78 is 11.2. The number of carboxylic acid groups (broad SMARTS) is 1. The van der Waals surface area contributed by atoms with E-state index in [-0.39, 0.29) is 30.9 Å². The lowest BCUT2D eigenvalue weighted by molar-refractivity contribution is -0.143. The predicted octanol–water partition coefficient (Wildman–Crippen LogP) is 4.44. The van der Waals surface area contributed by atoms with Crippen molar-refractivity contribution in [1.29, 1.82) is 0 Å². The maximum absolute atomic E-state index is 13.0. The Morgan fingerprint density at radius 2 is 1.42 bits per heavy atom. The van der Waals surface area contributed by atoms with E-state index in [1.165, 1.54) is 4.90 Å². The van der Waals surface area contributed by atoms with Crippen LogP contribution in [-0.2, 0) is 14.3 Å². The lowest BCUT2D eigenvalue weighted by atomic mass is 9.79. The lowest BCUT2D eigenvalue weighted by Gasteiger charge is -2.43. The van der Waals surface area contributed by atoms with Crippen molar-refractivity contribution in [1.82, 2.24) is 9.80 Å². The van der Waals surface area contributed by atoms with Gasteiger partial charge in [0.1, 0.15) is 12.2 Å². The van der Waals surface area contributed by atoms with Crippen LogP contribution in [0.25, 0.3) is 11.1 Å². The van der Waals surface area contributed by atoms with Gasteiger partial charge in [0.05, 0.1) is 5.92 Å². The molecule has 2 aromatic rings. The first-order chi connectivity index (χ1) is 17.1. The van der Waals surface area contributed by atoms with Gasteiger partial charge in [-0.25, -0.2) is 9.59 Å². The third-order valence-electron chi connectivity index (χ3n) is 7.44. The maximum Gasteiger partial charge on any atom is 0.410 e. The zero-order valence-corrected chi connectivity index (χ0v) is 20.8. The van der Waals surface area contributed by atoms with Gasteiger partial charge < -0.3 is 24.4 Å². The van der Waals surface area contributed by atoms with Crippen LogP contribution in [0.15, 0.2) is 48.5 Å². The highest BCUT2D eigenvalue weighted by Crippen LogP contribution is 2.44. The van der Waals surface area contributed by atoms with Crippen LogP contribution in [0, 0.1) is 17.8 Å². The Balaban J connectivity index is 1.21. The quantitative estimate of drug-likeness (QED) is 0.678. The molecule has 190 valence electrons. The molecule has 36 heavy (non-hydrogen) atoms. The van der Waals surface area contributed by atoms with Gasteiger partial charge in [0.2, 0.25) is 0 Å². The van der Waals surface area contributed by atoms with E-state index in [1.807, 2.05) is 45.0 Å². The molecule has 5 rings (SSSR count). The molecule has 2 atom stereocenters. The van der Waals surface area contributed by atoms with E-state index in [4.69, 9.17) is 9.47 Å². The monoisotopic (exact) mass is 492 g/mol. The number of benzene rings is 2. The maximum atomic E-state index is 13.0. The second-order valence-corrected chi connectivity index (χ2v) is 11.0. The molecule has 2 fully saturated rings. The number of hydrogen-bond donors (Lipinski definition) is 1. The standard InChI is InChI=1S/C28H32N2O6/c1-28(2,3)36-27(34)29-12-17(13-29)22-14-30(15-23(22)25(31)32)26(33)35-16-24-20-10-6-4-8-18(20)19-9-5-7-11-21(19)24/h4-11,17,22-24H,12-16H2,1-3H3,(H,31,32)/t22-,23+/m0/s1. The van der Waals surface area contributed by atoms with E-state index in [0.29, 0.717) is 19.6 Å². The number of carbonyl (C=O) groups excluding carboxylic acids is 2. The Labute approximate surface area is 210 Å². The van der Waals surface area contributed by atoms with Gasteiger partial charge in [-0.2, -0.15) is 0 Å². The second kappa shape index (κ2) is 9.15. The van der Waals surface area contributed by atoms with Crippen LogP contribution in [0.4, 0.5) is 9.59 Å². The molecule has 8 nitrogen and oxygen atoms in total. The molecule has 2 amide bonds. The number of aliphatic carboxylic acids is 1. The molecule has 3 aliphatic rings. The summed E-state index contributed by atoms with van der Waals surface area (Å²) in [4.78, 5) is 40.4. The molecule has 2 aliphatic heterocycles. The average Bonchev–Trinajstić information content (AvgIpc) is 3.36. The van der Waals surface area contributed by atoms with Crippen LogP contribution >= 0.6 is 0 Å². The number of ether oxygens (including phenoxy) is 2. The Hall–Kier alpha value is -3.55. The van der Waals surface area contributed by atoms with Gasteiger partial charge in [-0.15, -0.1) is 0 Å². The fraction of sp³-hybridized carbons (Fsp3) is 0.464. The van der Waals surface area contributed by atoms with Crippen molar-refractivity contribution < 1.29 is 29.0 Å². The van der Waals surface area contributed by atoms with Gasteiger partial charge in [0, 0.05) is 32.1 Å². The van der Waals surface area contributed by atoms with Gasteiger partial charge in [-0.3, -0.25) is 4.79 Å². The second-order valence-electron chi connectivity index (χ2n) is 11.0. The summed E-state index contributed by atoms with van der Waals surface area (Å²) >= 11 is 0. The summed E-state index contributed by atoms with van der Waals surface area (Å²) in [7, 11) is 0. The van der Waals surface area contributed by atoms with Crippen molar-refractivity contribution in [2.24, 2.45) is 17.8 Å². The third-order valence-corrected chi connectivity index (χ3v) is 7.44. The van der Waals surface area contributed by atoms with Crippen LogP contribution in [0.3, 0.4) is 0 Å². The molecule has 0 bridgehead atoms. The highest BCUT2D eigenvalue weighted by Gasteiger charge is 2.49. The molecular weight excluding hydrogens is 460 g/mol. The molecule has 1 N–H and O–H groups in total. The van der Waals surface area contributed by atoms with Gasteiger partial charge in [-0.05, 0) is 54.9 Å². The van der Waals surface area contributed by atoms with Gasteiger partial charge in [0.15, 0.2) is 0 Å². The average molecular weight is 493 g/mol. The molecule has 2 heterocycles. The smallest absolute Gasteiger partial charge is 0.410 e. The Morgan fingerprint density at radius 1 is 0.861 bits per heavy atom. The van der Waals surface area contributed by atoms with Crippen molar-refractivity contribution in [3.05, 3.63) is 59.7 Å². The highest BCUT2D eigenvalue weighted by molar-refractivity contribution is 5.79. The minimum atomic E-state index is -0.926. The number of fused-ring (bicyclic) bond motifs is 3. The molecule has 0 saturated carbocycles. The van der Waals surface area contributed by atoms with E-state index >= 15 is 0 Å². The molecule has 0 radical (unpaired) electrons. The first kappa shape index (κ1) is 24.2. The van der Waals surface area contributed by atoms with E-state index in [1.54, 1.807) is 4.90 Å². The van der Waals surface area contributed by atoms with Crippen LogP contribution in [-0.4, -0.2) is 71.4 Å². The number of nitrogens with zero attached hydrogens (tertiary/aromatic N) is 2. The summed E-state index contributed by atoms with van der Waals surface area (Å²) in [5.41, 5.74) is 3.98. The molecule has 0 unspecified atom stereocenters.